The van der Waals surface area contributed by atoms with Crippen LogP contribution in [0.4, 0.5) is 0 Å². The number of hydrogen-bond acceptors (Lipinski definition) is 3. The number of aryl methyl sites for hydroxylation is 1. The van der Waals surface area contributed by atoms with E-state index in [9.17, 15) is 4.79 Å². The zero-order valence-corrected chi connectivity index (χ0v) is 9.54. The molecule has 0 bridgehead atoms. The Morgan fingerprint density at radius 2 is 2.31 bits per heavy atom. The van der Waals surface area contributed by atoms with Gasteiger partial charge < -0.3 is 0 Å². The minimum atomic E-state index is -0.0439. The largest absolute Gasteiger partial charge is 0.294 e. The summed E-state index contributed by atoms with van der Waals surface area (Å²) >= 11 is 6.07. The standard InChI is InChI=1S/C11H8ClN3O/c1-6-9(7(2)16)5-15-11(6)10(12)8(3-13)4-14-15/h4-5H,1-2H3. The van der Waals surface area contributed by atoms with Crippen molar-refractivity contribution >= 4 is 22.9 Å². The molecule has 16 heavy (non-hydrogen) atoms. The quantitative estimate of drug-likeness (QED) is 0.711. The average molecular weight is 234 g/mol. The summed E-state index contributed by atoms with van der Waals surface area (Å²) in [5.74, 6) is -0.0439. The third-order valence-electron chi connectivity index (χ3n) is 2.50. The minimum Gasteiger partial charge on any atom is -0.294 e. The molecule has 2 heterocycles. The van der Waals surface area contributed by atoms with Gasteiger partial charge >= 0.3 is 0 Å². The molecule has 0 atom stereocenters. The Morgan fingerprint density at radius 1 is 1.62 bits per heavy atom. The van der Waals surface area contributed by atoms with Gasteiger partial charge in [-0.05, 0) is 19.4 Å². The summed E-state index contributed by atoms with van der Waals surface area (Å²) in [6, 6.07) is 1.96. The van der Waals surface area contributed by atoms with Crippen LogP contribution in [0.3, 0.4) is 0 Å². The maximum absolute atomic E-state index is 11.4. The molecule has 0 saturated heterocycles. The number of rotatable bonds is 1. The Labute approximate surface area is 97.1 Å². The van der Waals surface area contributed by atoms with Crippen LogP contribution in [-0.2, 0) is 0 Å². The van der Waals surface area contributed by atoms with Crippen LogP contribution in [0.1, 0.15) is 28.4 Å². The highest BCUT2D eigenvalue weighted by molar-refractivity contribution is 6.35. The van der Waals surface area contributed by atoms with Gasteiger partial charge in [-0.25, -0.2) is 4.52 Å². The predicted molar refractivity (Wildman–Crippen MR) is 59.7 cm³/mol. The summed E-state index contributed by atoms with van der Waals surface area (Å²) in [5, 5.41) is 13.2. The Kier molecular flexibility index (Phi) is 2.41. The Hall–Kier alpha value is -1.86. The molecule has 0 saturated carbocycles. The highest BCUT2D eigenvalue weighted by atomic mass is 35.5. The zero-order valence-electron chi connectivity index (χ0n) is 8.78. The van der Waals surface area contributed by atoms with E-state index in [0.29, 0.717) is 21.7 Å². The number of hydrogen-bond donors (Lipinski definition) is 0. The topological polar surface area (TPSA) is 58.2 Å². The summed E-state index contributed by atoms with van der Waals surface area (Å²) in [7, 11) is 0. The van der Waals surface area contributed by atoms with E-state index in [2.05, 4.69) is 5.10 Å². The fraction of sp³-hybridized carbons (Fsp3) is 0.182. The first kappa shape index (κ1) is 10.7. The molecular formula is C11H8ClN3O. The van der Waals surface area contributed by atoms with Gasteiger partial charge in [0.05, 0.1) is 22.3 Å². The molecule has 0 unspecified atom stereocenters. The molecule has 5 heteroatoms. The van der Waals surface area contributed by atoms with Crippen molar-refractivity contribution in [1.82, 2.24) is 9.61 Å². The van der Waals surface area contributed by atoms with Crippen LogP contribution in [-0.4, -0.2) is 15.4 Å². The number of carbonyl (C=O) groups is 1. The van der Waals surface area contributed by atoms with E-state index in [1.165, 1.54) is 17.6 Å². The van der Waals surface area contributed by atoms with Gasteiger partial charge in [0.2, 0.25) is 0 Å². The number of aromatic nitrogens is 2. The van der Waals surface area contributed by atoms with Crippen molar-refractivity contribution in [3.05, 3.63) is 34.1 Å². The lowest BCUT2D eigenvalue weighted by Gasteiger charge is -1.99. The van der Waals surface area contributed by atoms with E-state index in [1.54, 1.807) is 13.1 Å². The molecule has 0 aliphatic carbocycles. The van der Waals surface area contributed by atoms with Gasteiger partial charge in [0, 0.05) is 11.8 Å². The lowest BCUT2D eigenvalue weighted by molar-refractivity contribution is 0.101. The van der Waals surface area contributed by atoms with Crippen molar-refractivity contribution in [3.63, 3.8) is 0 Å². The third kappa shape index (κ3) is 1.37. The SMILES string of the molecule is CC(=O)c1cn2ncc(C#N)c(Cl)c2c1C. The number of carbonyl (C=O) groups excluding carboxylic acids is 1. The van der Waals surface area contributed by atoms with Crippen LogP contribution >= 0.6 is 11.6 Å². The van der Waals surface area contributed by atoms with Gasteiger partial charge in [-0.1, -0.05) is 11.6 Å². The number of fused-ring (bicyclic) bond motifs is 1. The molecule has 4 nitrogen and oxygen atoms in total. The summed E-state index contributed by atoms with van der Waals surface area (Å²) in [6.07, 6.45) is 3.01. The van der Waals surface area contributed by atoms with Crippen molar-refractivity contribution in [2.45, 2.75) is 13.8 Å². The molecule has 0 fully saturated rings. The second kappa shape index (κ2) is 3.62. The number of halogens is 1. The number of nitriles is 1. The van der Waals surface area contributed by atoms with Crippen molar-refractivity contribution in [2.75, 3.05) is 0 Å². The molecule has 0 N–H and O–H groups in total. The van der Waals surface area contributed by atoms with Crippen LogP contribution in [0.25, 0.3) is 5.52 Å². The van der Waals surface area contributed by atoms with Gasteiger partial charge in [0.1, 0.15) is 6.07 Å². The smallest absolute Gasteiger partial charge is 0.161 e. The molecule has 2 rings (SSSR count). The Bertz CT molecular complexity index is 637. The first-order chi connectivity index (χ1) is 7.56. The molecule has 2 aromatic heterocycles. The van der Waals surface area contributed by atoms with E-state index in [4.69, 9.17) is 16.9 Å². The van der Waals surface area contributed by atoms with E-state index in [-0.39, 0.29) is 5.78 Å². The van der Waals surface area contributed by atoms with Crippen LogP contribution < -0.4 is 0 Å². The van der Waals surface area contributed by atoms with Gasteiger partial charge in [0.15, 0.2) is 5.78 Å². The summed E-state index contributed by atoms with van der Waals surface area (Å²) in [6.45, 7) is 3.28. The maximum Gasteiger partial charge on any atom is 0.161 e. The van der Waals surface area contributed by atoms with E-state index in [1.807, 2.05) is 6.07 Å². The van der Waals surface area contributed by atoms with Crippen LogP contribution in [0.2, 0.25) is 5.02 Å². The van der Waals surface area contributed by atoms with E-state index in [0.717, 1.165) is 5.56 Å². The zero-order chi connectivity index (χ0) is 11.9. The molecule has 0 amide bonds. The summed E-state index contributed by atoms with van der Waals surface area (Å²) in [5.41, 5.74) is 2.25. The van der Waals surface area contributed by atoms with E-state index >= 15 is 0 Å². The molecular weight excluding hydrogens is 226 g/mol. The van der Waals surface area contributed by atoms with Gasteiger partial charge in [-0.2, -0.15) is 10.4 Å². The van der Waals surface area contributed by atoms with Crippen molar-refractivity contribution in [3.8, 4) is 6.07 Å². The first-order valence-corrected chi connectivity index (χ1v) is 5.01. The lowest BCUT2D eigenvalue weighted by Crippen LogP contribution is -1.92. The van der Waals surface area contributed by atoms with Gasteiger partial charge in [-0.3, -0.25) is 4.79 Å². The van der Waals surface area contributed by atoms with Crippen LogP contribution in [0.15, 0.2) is 12.4 Å². The molecule has 2 aromatic rings. The maximum atomic E-state index is 11.4. The third-order valence-corrected chi connectivity index (χ3v) is 2.88. The monoisotopic (exact) mass is 233 g/mol. The highest BCUT2D eigenvalue weighted by Gasteiger charge is 2.15. The molecule has 0 aliphatic rings. The average Bonchev–Trinajstić information content (AvgIpc) is 2.57. The fourth-order valence-electron chi connectivity index (χ4n) is 1.68. The highest BCUT2D eigenvalue weighted by Crippen LogP contribution is 2.26. The molecule has 0 aliphatic heterocycles. The van der Waals surface area contributed by atoms with Crippen molar-refractivity contribution < 1.29 is 4.79 Å². The second-order valence-electron chi connectivity index (χ2n) is 3.50. The molecule has 0 aromatic carbocycles. The van der Waals surface area contributed by atoms with E-state index < -0.39 is 0 Å². The number of nitrogens with zero attached hydrogens (tertiary/aromatic N) is 3. The molecule has 80 valence electrons. The van der Waals surface area contributed by atoms with Gasteiger partial charge in [0.25, 0.3) is 0 Å². The lowest BCUT2D eigenvalue weighted by atomic mass is 10.1. The number of ketones is 1. The number of Topliss-reactive ketones (excluding diaryl/α,β-unsaturated/α-hetero) is 1. The van der Waals surface area contributed by atoms with Crippen LogP contribution in [0, 0.1) is 18.3 Å². The second-order valence-corrected chi connectivity index (χ2v) is 3.88. The minimum absolute atomic E-state index is 0.0439. The molecule has 0 spiro atoms. The summed E-state index contributed by atoms with van der Waals surface area (Å²) < 4.78 is 1.52. The Morgan fingerprint density at radius 3 is 2.88 bits per heavy atom. The van der Waals surface area contributed by atoms with Crippen molar-refractivity contribution in [1.29, 1.82) is 5.26 Å². The predicted octanol–water partition coefficient (Wildman–Crippen LogP) is 2.37. The van der Waals surface area contributed by atoms with Crippen LogP contribution in [0.5, 0.6) is 0 Å². The molecule has 0 radical (unpaired) electrons. The fourth-order valence-corrected chi connectivity index (χ4v) is 2.00. The van der Waals surface area contributed by atoms with Crippen molar-refractivity contribution in [2.24, 2.45) is 0 Å². The first-order valence-electron chi connectivity index (χ1n) is 4.63. The normalized spacial score (nSPS) is 10.4. The Balaban J connectivity index is 2.90. The van der Waals surface area contributed by atoms with Gasteiger partial charge in [-0.15, -0.1) is 0 Å². The summed E-state index contributed by atoms with van der Waals surface area (Å²) in [4.78, 5) is 11.4.